The minimum Gasteiger partial charge on any atom is -0.272 e. The summed E-state index contributed by atoms with van der Waals surface area (Å²) in [6.45, 7) is 0.329. The smallest absolute Gasteiger partial charge is 0.272 e. The van der Waals surface area contributed by atoms with E-state index in [4.69, 9.17) is 11.6 Å². The second kappa shape index (κ2) is 5.62. The van der Waals surface area contributed by atoms with Gasteiger partial charge in [-0.15, -0.1) is 4.41 Å². The van der Waals surface area contributed by atoms with Crippen LogP contribution in [-0.2, 0) is 14.8 Å². The Balaban J connectivity index is 2.03. The summed E-state index contributed by atoms with van der Waals surface area (Å²) in [5, 5.41) is 1.92. The zero-order valence-electron chi connectivity index (χ0n) is 11.5. The van der Waals surface area contributed by atoms with Crippen molar-refractivity contribution in [2.75, 3.05) is 11.6 Å². The summed E-state index contributed by atoms with van der Waals surface area (Å²) in [5.74, 6) is -0.446. The zero-order valence-corrected chi connectivity index (χ0v) is 13.1. The molecule has 2 aromatic rings. The van der Waals surface area contributed by atoms with Crippen LogP contribution in [0, 0.1) is 0 Å². The number of benzene rings is 2. The average Bonchev–Trinajstić information content (AvgIpc) is 2.91. The molecule has 1 heterocycles. The summed E-state index contributed by atoms with van der Waals surface area (Å²) in [5.41, 5.74) is 0.658. The monoisotopic (exact) mass is 336 g/mol. The zero-order chi connectivity index (χ0) is 15.7. The number of carbonyl (C=O) groups excluding carboxylic acids is 1. The van der Waals surface area contributed by atoms with Crippen molar-refractivity contribution in [1.29, 1.82) is 0 Å². The van der Waals surface area contributed by atoms with Crippen LogP contribution < -0.4 is 5.01 Å². The van der Waals surface area contributed by atoms with Crippen LogP contribution in [0.4, 0.5) is 5.69 Å². The highest BCUT2D eigenvalue weighted by Crippen LogP contribution is 2.28. The van der Waals surface area contributed by atoms with Gasteiger partial charge >= 0.3 is 0 Å². The summed E-state index contributed by atoms with van der Waals surface area (Å²) < 4.78 is 26.4. The van der Waals surface area contributed by atoms with Crippen LogP contribution in [0.25, 0.3) is 0 Å². The Hall–Kier alpha value is -2.05. The lowest BCUT2D eigenvalue weighted by Gasteiger charge is -2.28. The third kappa shape index (κ3) is 2.55. The molecule has 1 saturated heterocycles. The molecule has 1 amide bonds. The van der Waals surface area contributed by atoms with Gasteiger partial charge in [-0.3, -0.25) is 9.80 Å². The van der Waals surface area contributed by atoms with E-state index in [0.717, 1.165) is 4.41 Å². The largest absolute Gasteiger partial charge is 0.284 e. The molecule has 0 N–H and O–H groups in total. The Labute approximate surface area is 133 Å². The normalized spacial score (nSPS) is 15.4. The first-order chi connectivity index (χ1) is 10.5. The van der Waals surface area contributed by atoms with E-state index < -0.39 is 15.9 Å². The van der Waals surface area contributed by atoms with Crippen molar-refractivity contribution in [2.24, 2.45) is 0 Å². The van der Waals surface area contributed by atoms with Crippen LogP contribution >= 0.6 is 11.6 Å². The molecular formula is C15H13ClN2O3S. The highest BCUT2D eigenvalue weighted by Gasteiger charge is 2.39. The third-order valence-corrected chi connectivity index (χ3v) is 5.34. The number of para-hydroxylation sites is 1. The number of amides is 1. The van der Waals surface area contributed by atoms with Gasteiger partial charge in [0.25, 0.3) is 15.9 Å². The van der Waals surface area contributed by atoms with Crippen molar-refractivity contribution in [3.63, 3.8) is 0 Å². The lowest BCUT2D eigenvalue weighted by Crippen LogP contribution is -2.43. The molecule has 0 spiro atoms. The van der Waals surface area contributed by atoms with Crippen LogP contribution in [0.15, 0.2) is 59.5 Å². The lowest BCUT2D eigenvalue weighted by molar-refractivity contribution is -0.123. The summed E-state index contributed by atoms with van der Waals surface area (Å²) >= 11 is 5.79. The van der Waals surface area contributed by atoms with Crippen molar-refractivity contribution in [2.45, 2.75) is 11.3 Å². The SMILES string of the molecule is O=C1CCN(c2ccccc2)N1S(=O)(=O)c1ccc(Cl)cc1. The van der Waals surface area contributed by atoms with Gasteiger partial charge in [-0.2, -0.15) is 8.42 Å². The number of anilines is 1. The van der Waals surface area contributed by atoms with E-state index >= 15 is 0 Å². The van der Waals surface area contributed by atoms with Crippen molar-refractivity contribution >= 4 is 33.2 Å². The molecule has 1 fully saturated rings. The van der Waals surface area contributed by atoms with Gasteiger partial charge in [-0.25, -0.2) is 0 Å². The first kappa shape index (κ1) is 14.9. The van der Waals surface area contributed by atoms with Crippen LogP contribution in [0.2, 0.25) is 5.02 Å². The maximum atomic E-state index is 12.8. The number of hydrazine groups is 1. The average molecular weight is 337 g/mol. The van der Waals surface area contributed by atoms with Gasteiger partial charge in [-0.05, 0) is 36.4 Å². The fraction of sp³-hybridized carbons (Fsp3) is 0.133. The lowest BCUT2D eigenvalue weighted by atomic mass is 10.3. The molecule has 22 heavy (non-hydrogen) atoms. The molecule has 1 aliphatic rings. The van der Waals surface area contributed by atoms with Gasteiger partial charge < -0.3 is 0 Å². The van der Waals surface area contributed by atoms with Gasteiger partial charge in [0.1, 0.15) is 0 Å². The molecule has 5 nitrogen and oxygen atoms in total. The number of hydrogen-bond acceptors (Lipinski definition) is 4. The number of hydrogen-bond donors (Lipinski definition) is 0. The fourth-order valence-electron chi connectivity index (χ4n) is 2.33. The first-order valence-electron chi connectivity index (χ1n) is 6.66. The predicted molar refractivity (Wildman–Crippen MR) is 83.9 cm³/mol. The Morgan fingerprint density at radius 3 is 2.23 bits per heavy atom. The van der Waals surface area contributed by atoms with Crippen LogP contribution in [0.1, 0.15) is 6.42 Å². The molecule has 0 radical (unpaired) electrons. The number of sulfonamides is 1. The molecule has 2 aromatic carbocycles. The van der Waals surface area contributed by atoms with Gasteiger partial charge in [0.2, 0.25) is 0 Å². The fourth-order valence-corrected chi connectivity index (χ4v) is 3.93. The van der Waals surface area contributed by atoms with Crippen molar-refractivity contribution in [3.05, 3.63) is 59.6 Å². The van der Waals surface area contributed by atoms with Gasteiger partial charge in [0.15, 0.2) is 0 Å². The molecule has 7 heteroatoms. The molecule has 114 valence electrons. The Morgan fingerprint density at radius 2 is 1.59 bits per heavy atom. The van der Waals surface area contributed by atoms with E-state index in [2.05, 4.69) is 0 Å². The standard InChI is InChI=1S/C15H13ClN2O3S/c16-12-6-8-14(9-7-12)22(20,21)18-15(19)10-11-17(18)13-4-2-1-3-5-13/h1-9H,10-11H2. The molecule has 0 saturated carbocycles. The van der Waals surface area contributed by atoms with E-state index in [1.165, 1.54) is 29.3 Å². The molecule has 0 bridgehead atoms. The Morgan fingerprint density at radius 1 is 0.955 bits per heavy atom. The topological polar surface area (TPSA) is 57.7 Å². The van der Waals surface area contributed by atoms with Crippen LogP contribution in [0.3, 0.4) is 0 Å². The molecule has 3 rings (SSSR count). The van der Waals surface area contributed by atoms with Crippen molar-refractivity contribution < 1.29 is 13.2 Å². The Bertz CT molecular complexity index is 791. The molecular weight excluding hydrogens is 324 g/mol. The van der Waals surface area contributed by atoms with Crippen LogP contribution in [0.5, 0.6) is 0 Å². The van der Waals surface area contributed by atoms with Gasteiger partial charge in [0, 0.05) is 18.0 Å². The van der Waals surface area contributed by atoms with Crippen molar-refractivity contribution in [3.8, 4) is 0 Å². The van der Waals surface area contributed by atoms with E-state index in [1.807, 2.05) is 6.07 Å². The van der Waals surface area contributed by atoms with Crippen LogP contribution in [-0.4, -0.2) is 25.3 Å². The molecule has 1 aliphatic heterocycles. The maximum Gasteiger partial charge on any atom is 0.284 e. The third-order valence-electron chi connectivity index (χ3n) is 3.36. The Kier molecular flexibility index (Phi) is 3.80. The highest BCUT2D eigenvalue weighted by molar-refractivity contribution is 7.89. The van der Waals surface area contributed by atoms with E-state index in [1.54, 1.807) is 24.3 Å². The predicted octanol–water partition coefficient (Wildman–Crippen LogP) is 2.68. The maximum absolute atomic E-state index is 12.8. The van der Waals surface area contributed by atoms with Crippen molar-refractivity contribution in [1.82, 2.24) is 4.41 Å². The summed E-state index contributed by atoms with van der Waals surface area (Å²) in [4.78, 5) is 12.2. The number of carbonyl (C=O) groups is 1. The van der Waals surface area contributed by atoms with Gasteiger partial charge in [-0.1, -0.05) is 29.8 Å². The summed E-state index contributed by atoms with van der Waals surface area (Å²) in [6, 6.07) is 14.7. The van der Waals surface area contributed by atoms with E-state index in [0.29, 0.717) is 17.3 Å². The van der Waals surface area contributed by atoms with E-state index in [9.17, 15) is 13.2 Å². The second-order valence-electron chi connectivity index (χ2n) is 4.80. The number of rotatable bonds is 3. The molecule has 0 aliphatic carbocycles. The molecule has 0 aromatic heterocycles. The number of halogens is 1. The highest BCUT2D eigenvalue weighted by atomic mass is 35.5. The minimum absolute atomic E-state index is 0.0353. The number of nitrogens with zero attached hydrogens (tertiary/aromatic N) is 2. The quantitative estimate of drug-likeness (QED) is 0.864. The van der Waals surface area contributed by atoms with E-state index in [-0.39, 0.29) is 11.3 Å². The van der Waals surface area contributed by atoms with Gasteiger partial charge in [0.05, 0.1) is 10.6 Å². The molecule has 0 atom stereocenters. The summed E-state index contributed by atoms with van der Waals surface area (Å²) in [7, 11) is -3.95. The minimum atomic E-state index is -3.95. The first-order valence-corrected chi connectivity index (χ1v) is 8.48. The summed E-state index contributed by atoms with van der Waals surface area (Å²) in [6.07, 6.45) is 0.154. The second-order valence-corrected chi connectivity index (χ2v) is 7.01. The molecule has 0 unspecified atom stereocenters.